The molecule has 0 radical (unpaired) electrons. The largest absolute Gasteiger partial charge is 0.497 e. The first kappa shape index (κ1) is 14.3. The highest BCUT2D eigenvalue weighted by Gasteiger charge is 2.09. The molecule has 0 bridgehead atoms. The van der Waals surface area contributed by atoms with Gasteiger partial charge in [0.05, 0.1) is 7.11 Å². The van der Waals surface area contributed by atoms with E-state index in [1.54, 1.807) is 55.9 Å². The van der Waals surface area contributed by atoms with E-state index in [-0.39, 0.29) is 5.57 Å². The number of hydrogen-bond donors (Lipinski definition) is 1. The van der Waals surface area contributed by atoms with Crippen LogP contribution in [0.2, 0.25) is 0 Å². The second-order valence-electron chi connectivity index (χ2n) is 4.14. The third-order valence-electron chi connectivity index (χ3n) is 2.71. The fourth-order valence-electron chi connectivity index (χ4n) is 1.65. The van der Waals surface area contributed by atoms with Crippen LogP contribution in [0.25, 0.3) is 6.08 Å². The topological polar surface area (TPSA) is 75.0 Å². The molecule has 104 valence electrons. The smallest absolute Gasteiger partial charge is 0.266 e. The number of anilines is 1. The predicted octanol–water partition coefficient (Wildman–Crippen LogP) is 2.64. The highest BCUT2D eigenvalue weighted by Crippen LogP contribution is 2.16. The lowest BCUT2D eigenvalue weighted by molar-refractivity contribution is -0.112. The molecule has 0 spiro atoms. The van der Waals surface area contributed by atoms with E-state index in [9.17, 15) is 4.79 Å². The minimum atomic E-state index is -0.466. The molecule has 2 aromatic rings. The normalized spacial score (nSPS) is 10.6. The van der Waals surface area contributed by atoms with Gasteiger partial charge in [0.1, 0.15) is 17.4 Å². The van der Waals surface area contributed by atoms with E-state index >= 15 is 0 Å². The van der Waals surface area contributed by atoms with Crippen molar-refractivity contribution in [1.82, 2.24) is 4.98 Å². The SMILES string of the molecule is COc1ccc(NC(=O)/C(C#N)=C/c2cccnc2)cc1. The highest BCUT2D eigenvalue weighted by molar-refractivity contribution is 6.09. The van der Waals surface area contributed by atoms with Gasteiger partial charge in [-0.2, -0.15) is 5.26 Å². The lowest BCUT2D eigenvalue weighted by Crippen LogP contribution is -2.13. The van der Waals surface area contributed by atoms with Crippen molar-refractivity contribution < 1.29 is 9.53 Å². The third kappa shape index (κ3) is 3.91. The fraction of sp³-hybridized carbons (Fsp3) is 0.0625. The number of nitrogens with zero attached hydrogens (tertiary/aromatic N) is 2. The van der Waals surface area contributed by atoms with Crippen molar-refractivity contribution in [3.05, 3.63) is 59.9 Å². The maximum absolute atomic E-state index is 12.0. The maximum atomic E-state index is 12.0. The van der Waals surface area contributed by atoms with E-state index in [1.165, 1.54) is 6.08 Å². The molecule has 1 heterocycles. The number of carbonyl (C=O) groups is 1. The number of ether oxygens (including phenoxy) is 1. The van der Waals surface area contributed by atoms with Gasteiger partial charge in [-0.1, -0.05) is 6.07 Å². The summed E-state index contributed by atoms with van der Waals surface area (Å²) in [4.78, 5) is 16.0. The molecule has 5 heteroatoms. The zero-order valence-corrected chi connectivity index (χ0v) is 11.4. The Morgan fingerprint density at radius 2 is 2.10 bits per heavy atom. The van der Waals surface area contributed by atoms with Crippen LogP contribution in [0, 0.1) is 11.3 Å². The standard InChI is InChI=1S/C16H13N3O2/c1-21-15-6-4-14(5-7-15)19-16(20)13(10-17)9-12-3-2-8-18-11-12/h2-9,11H,1H3,(H,19,20)/b13-9+. The molecule has 0 aliphatic heterocycles. The average Bonchev–Trinajstić information content (AvgIpc) is 2.54. The summed E-state index contributed by atoms with van der Waals surface area (Å²) in [6, 6.07) is 12.3. The number of rotatable bonds is 4. The highest BCUT2D eigenvalue weighted by atomic mass is 16.5. The number of nitrogens with one attached hydrogen (secondary N) is 1. The number of carbonyl (C=O) groups excluding carboxylic acids is 1. The van der Waals surface area contributed by atoms with Gasteiger partial charge >= 0.3 is 0 Å². The van der Waals surface area contributed by atoms with Crippen molar-refractivity contribution in [1.29, 1.82) is 5.26 Å². The minimum absolute atomic E-state index is 0.0128. The molecule has 0 fully saturated rings. The molecule has 0 unspecified atom stereocenters. The quantitative estimate of drug-likeness (QED) is 0.689. The van der Waals surface area contributed by atoms with E-state index in [2.05, 4.69) is 10.3 Å². The van der Waals surface area contributed by atoms with Crippen LogP contribution in [0.3, 0.4) is 0 Å². The number of hydrogen-bond acceptors (Lipinski definition) is 4. The summed E-state index contributed by atoms with van der Waals surface area (Å²) in [7, 11) is 1.57. The maximum Gasteiger partial charge on any atom is 0.266 e. The number of methoxy groups -OCH3 is 1. The molecule has 0 saturated carbocycles. The summed E-state index contributed by atoms with van der Waals surface area (Å²) >= 11 is 0. The van der Waals surface area contributed by atoms with Crippen LogP contribution >= 0.6 is 0 Å². The van der Waals surface area contributed by atoms with E-state index in [4.69, 9.17) is 10.00 Å². The summed E-state index contributed by atoms with van der Waals surface area (Å²) in [5.41, 5.74) is 1.30. The van der Waals surface area contributed by atoms with Crippen LogP contribution in [0.15, 0.2) is 54.4 Å². The van der Waals surface area contributed by atoms with Gasteiger partial charge < -0.3 is 10.1 Å². The molecular formula is C16H13N3O2. The zero-order chi connectivity index (χ0) is 15.1. The summed E-state index contributed by atoms with van der Waals surface area (Å²) in [5, 5.41) is 11.8. The average molecular weight is 279 g/mol. The molecule has 1 N–H and O–H groups in total. The van der Waals surface area contributed by atoms with Gasteiger partial charge in [-0.25, -0.2) is 0 Å². The summed E-state index contributed by atoms with van der Waals surface area (Å²) in [5.74, 6) is 0.228. The Labute approximate surface area is 122 Å². The molecule has 5 nitrogen and oxygen atoms in total. The lowest BCUT2D eigenvalue weighted by atomic mass is 10.1. The van der Waals surface area contributed by atoms with E-state index < -0.39 is 5.91 Å². The number of nitriles is 1. The Bertz CT molecular complexity index is 686. The summed E-state index contributed by atoms with van der Waals surface area (Å²) in [6.45, 7) is 0. The molecule has 0 saturated heterocycles. The van der Waals surface area contributed by atoms with Gasteiger partial charge in [0.25, 0.3) is 5.91 Å². The van der Waals surface area contributed by atoms with E-state index in [0.717, 1.165) is 0 Å². The molecule has 1 aromatic heterocycles. The molecule has 1 aromatic carbocycles. The first-order valence-corrected chi connectivity index (χ1v) is 6.20. The van der Waals surface area contributed by atoms with Crippen molar-refractivity contribution in [3.63, 3.8) is 0 Å². The molecule has 0 aliphatic carbocycles. The predicted molar refractivity (Wildman–Crippen MR) is 79.5 cm³/mol. The summed E-state index contributed by atoms with van der Waals surface area (Å²) in [6.07, 6.45) is 4.70. The zero-order valence-electron chi connectivity index (χ0n) is 11.4. The fourth-order valence-corrected chi connectivity index (χ4v) is 1.65. The van der Waals surface area contributed by atoms with Crippen LogP contribution in [-0.4, -0.2) is 18.0 Å². The van der Waals surface area contributed by atoms with Gasteiger partial charge in [0, 0.05) is 18.1 Å². The first-order chi connectivity index (χ1) is 10.2. The second-order valence-corrected chi connectivity index (χ2v) is 4.14. The van der Waals surface area contributed by atoms with Crippen molar-refractivity contribution in [2.75, 3.05) is 12.4 Å². The third-order valence-corrected chi connectivity index (χ3v) is 2.71. The molecule has 0 aliphatic rings. The van der Waals surface area contributed by atoms with Crippen LogP contribution in [0.4, 0.5) is 5.69 Å². The monoisotopic (exact) mass is 279 g/mol. The van der Waals surface area contributed by atoms with E-state index in [0.29, 0.717) is 17.0 Å². The minimum Gasteiger partial charge on any atom is -0.497 e. The number of benzene rings is 1. The Kier molecular flexibility index (Phi) is 4.67. The molecule has 0 atom stereocenters. The second kappa shape index (κ2) is 6.87. The van der Waals surface area contributed by atoms with Crippen LogP contribution in [0.5, 0.6) is 5.75 Å². The van der Waals surface area contributed by atoms with Crippen LogP contribution in [0.1, 0.15) is 5.56 Å². The molecule has 2 rings (SSSR count). The lowest BCUT2D eigenvalue weighted by Gasteiger charge is -2.05. The summed E-state index contributed by atoms with van der Waals surface area (Å²) < 4.78 is 5.04. The number of amides is 1. The van der Waals surface area contributed by atoms with Gasteiger partial charge in [0.2, 0.25) is 0 Å². The van der Waals surface area contributed by atoms with E-state index in [1.807, 2.05) is 6.07 Å². The van der Waals surface area contributed by atoms with Gasteiger partial charge in [-0.3, -0.25) is 9.78 Å². The van der Waals surface area contributed by atoms with Crippen molar-refractivity contribution >= 4 is 17.7 Å². The number of pyridine rings is 1. The van der Waals surface area contributed by atoms with Crippen LogP contribution in [-0.2, 0) is 4.79 Å². The van der Waals surface area contributed by atoms with Crippen LogP contribution < -0.4 is 10.1 Å². The Hall–Kier alpha value is -3.13. The Morgan fingerprint density at radius 1 is 1.33 bits per heavy atom. The Balaban J connectivity index is 2.13. The van der Waals surface area contributed by atoms with Gasteiger partial charge in [0.15, 0.2) is 0 Å². The van der Waals surface area contributed by atoms with Crippen molar-refractivity contribution in [2.45, 2.75) is 0 Å². The van der Waals surface area contributed by atoms with Gasteiger partial charge in [-0.05, 0) is 42.0 Å². The molecule has 21 heavy (non-hydrogen) atoms. The Morgan fingerprint density at radius 3 is 2.67 bits per heavy atom. The first-order valence-electron chi connectivity index (χ1n) is 6.20. The number of aromatic nitrogens is 1. The van der Waals surface area contributed by atoms with Gasteiger partial charge in [-0.15, -0.1) is 0 Å². The van der Waals surface area contributed by atoms with Crippen molar-refractivity contribution in [2.24, 2.45) is 0 Å². The molecule has 1 amide bonds. The van der Waals surface area contributed by atoms with Crippen molar-refractivity contribution in [3.8, 4) is 11.8 Å². The molecular weight excluding hydrogens is 266 g/mol.